The summed E-state index contributed by atoms with van der Waals surface area (Å²) in [5, 5.41) is 0. The Bertz CT molecular complexity index is 511. The molecule has 2 N–H and O–H groups in total. The molecule has 1 heterocycles. The first kappa shape index (κ1) is 11.8. The lowest BCUT2D eigenvalue weighted by Gasteiger charge is -2.08. The second-order valence-electron chi connectivity index (χ2n) is 3.62. The Labute approximate surface area is 105 Å². The van der Waals surface area contributed by atoms with E-state index in [1.54, 1.807) is 18.0 Å². The van der Waals surface area contributed by atoms with E-state index in [-0.39, 0.29) is 0 Å². The third-order valence-electron chi connectivity index (χ3n) is 2.45. The molecule has 0 unspecified atom stereocenters. The summed E-state index contributed by atoms with van der Waals surface area (Å²) < 4.78 is 5.64. The van der Waals surface area contributed by atoms with Crippen molar-refractivity contribution < 1.29 is 4.74 Å². The Balaban J connectivity index is 2.22. The van der Waals surface area contributed by atoms with Crippen molar-refractivity contribution in [3.63, 3.8) is 0 Å². The van der Waals surface area contributed by atoms with Crippen molar-refractivity contribution in [1.29, 1.82) is 0 Å². The summed E-state index contributed by atoms with van der Waals surface area (Å²) >= 11 is 1.69. The molecular formula is C13H14N2OS. The molecule has 2 aromatic rings. The number of hydrogen-bond acceptors (Lipinski definition) is 4. The fourth-order valence-electron chi connectivity index (χ4n) is 1.38. The third kappa shape index (κ3) is 2.71. The van der Waals surface area contributed by atoms with Gasteiger partial charge in [-0.25, -0.2) is 4.98 Å². The first-order valence-corrected chi connectivity index (χ1v) is 6.46. The average molecular weight is 246 g/mol. The number of pyridine rings is 1. The fourth-order valence-corrected chi connectivity index (χ4v) is 1.79. The van der Waals surface area contributed by atoms with Gasteiger partial charge >= 0.3 is 0 Å². The fraction of sp³-hybridized carbons (Fsp3) is 0.154. The van der Waals surface area contributed by atoms with Gasteiger partial charge in [0.15, 0.2) is 0 Å². The van der Waals surface area contributed by atoms with E-state index in [0.717, 1.165) is 11.3 Å². The maximum atomic E-state index is 5.89. The maximum absolute atomic E-state index is 5.89. The van der Waals surface area contributed by atoms with Crippen molar-refractivity contribution in [2.45, 2.75) is 11.8 Å². The normalized spacial score (nSPS) is 10.2. The van der Waals surface area contributed by atoms with Crippen molar-refractivity contribution in [2.75, 3.05) is 12.0 Å². The van der Waals surface area contributed by atoms with Gasteiger partial charge < -0.3 is 10.5 Å². The standard InChI is InChI=1S/C13H14N2OS/c1-9-7-8-15-13(12(9)14)16-10-3-5-11(17-2)6-4-10/h3-8H,14H2,1-2H3. The highest BCUT2D eigenvalue weighted by Crippen LogP contribution is 2.28. The molecule has 0 bridgehead atoms. The van der Waals surface area contributed by atoms with Crippen LogP contribution in [0.4, 0.5) is 5.69 Å². The van der Waals surface area contributed by atoms with Gasteiger partial charge in [-0.15, -0.1) is 11.8 Å². The maximum Gasteiger partial charge on any atom is 0.242 e. The summed E-state index contributed by atoms with van der Waals surface area (Å²) in [6, 6.07) is 9.70. The van der Waals surface area contributed by atoms with Crippen molar-refractivity contribution >= 4 is 17.4 Å². The van der Waals surface area contributed by atoms with Crippen LogP contribution >= 0.6 is 11.8 Å². The Hall–Kier alpha value is -1.68. The molecule has 0 aliphatic heterocycles. The van der Waals surface area contributed by atoms with Gasteiger partial charge in [0, 0.05) is 11.1 Å². The van der Waals surface area contributed by atoms with Gasteiger partial charge in [0.05, 0.1) is 5.69 Å². The minimum Gasteiger partial charge on any atom is -0.437 e. The van der Waals surface area contributed by atoms with Gasteiger partial charge in [-0.3, -0.25) is 0 Å². The lowest BCUT2D eigenvalue weighted by atomic mass is 10.2. The van der Waals surface area contributed by atoms with Crippen molar-refractivity contribution in [1.82, 2.24) is 4.98 Å². The van der Waals surface area contributed by atoms with Gasteiger partial charge in [-0.05, 0) is 49.1 Å². The summed E-state index contributed by atoms with van der Waals surface area (Å²) in [6.07, 6.45) is 3.73. The molecule has 4 heteroatoms. The number of thioether (sulfide) groups is 1. The second kappa shape index (κ2) is 5.10. The van der Waals surface area contributed by atoms with E-state index in [4.69, 9.17) is 10.5 Å². The van der Waals surface area contributed by atoms with Crippen LogP contribution in [0, 0.1) is 6.92 Å². The van der Waals surface area contributed by atoms with Crippen LogP contribution < -0.4 is 10.5 Å². The Morgan fingerprint density at radius 1 is 1.18 bits per heavy atom. The summed E-state index contributed by atoms with van der Waals surface area (Å²) in [6.45, 7) is 1.93. The van der Waals surface area contributed by atoms with Crippen LogP contribution in [0.15, 0.2) is 41.4 Å². The molecular weight excluding hydrogens is 232 g/mol. The van der Waals surface area contributed by atoms with Gasteiger partial charge in [-0.2, -0.15) is 0 Å². The SMILES string of the molecule is CSc1ccc(Oc2nccc(C)c2N)cc1. The minimum atomic E-state index is 0.460. The molecule has 0 radical (unpaired) electrons. The van der Waals surface area contributed by atoms with E-state index in [1.165, 1.54) is 4.90 Å². The van der Waals surface area contributed by atoms with E-state index < -0.39 is 0 Å². The molecule has 0 fully saturated rings. The molecule has 0 saturated carbocycles. The highest BCUT2D eigenvalue weighted by Gasteiger charge is 2.05. The van der Waals surface area contributed by atoms with Crippen LogP contribution in [0.1, 0.15) is 5.56 Å². The third-order valence-corrected chi connectivity index (χ3v) is 3.19. The first-order chi connectivity index (χ1) is 8.20. The number of hydrogen-bond donors (Lipinski definition) is 1. The molecule has 0 atom stereocenters. The smallest absolute Gasteiger partial charge is 0.242 e. The monoisotopic (exact) mass is 246 g/mol. The molecule has 88 valence electrons. The number of nitrogen functional groups attached to an aromatic ring is 1. The molecule has 0 spiro atoms. The Morgan fingerprint density at radius 3 is 2.53 bits per heavy atom. The van der Waals surface area contributed by atoms with E-state index >= 15 is 0 Å². The highest BCUT2D eigenvalue weighted by molar-refractivity contribution is 7.98. The minimum absolute atomic E-state index is 0.460. The summed E-state index contributed by atoms with van der Waals surface area (Å²) in [5.74, 6) is 1.20. The lowest BCUT2D eigenvalue weighted by Crippen LogP contribution is -1.97. The van der Waals surface area contributed by atoms with Gasteiger partial charge in [0.2, 0.25) is 5.88 Å². The van der Waals surface area contributed by atoms with Crippen LogP contribution in [0.25, 0.3) is 0 Å². The van der Waals surface area contributed by atoms with Gasteiger partial charge in [0.1, 0.15) is 5.75 Å². The van der Waals surface area contributed by atoms with Crippen molar-refractivity contribution in [2.24, 2.45) is 0 Å². The number of aryl methyl sites for hydroxylation is 1. The van der Waals surface area contributed by atoms with Gasteiger partial charge in [0.25, 0.3) is 0 Å². The predicted molar refractivity (Wildman–Crippen MR) is 71.7 cm³/mol. The number of nitrogens with two attached hydrogens (primary N) is 1. The number of ether oxygens (including phenoxy) is 1. The van der Waals surface area contributed by atoms with E-state index in [0.29, 0.717) is 11.6 Å². The molecule has 3 nitrogen and oxygen atoms in total. The Morgan fingerprint density at radius 2 is 1.88 bits per heavy atom. The predicted octanol–water partition coefficient (Wildman–Crippen LogP) is 3.49. The summed E-state index contributed by atoms with van der Waals surface area (Å²) in [4.78, 5) is 5.32. The zero-order valence-electron chi connectivity index (χ0n) is 9.81. The highest BCUT2D eigenvalue weighted by atomic mass is 32.2. The number of nitrogens with zero attached hydrogens (tertiary/aromatic N) is 1. The number of benzene rings is 1. The molecule has 0 amide bonds. The van der Waals surface area contributed by atoms with Crippen LogP contribution in [-0.2, 0) is 0 Å². The molecule has 1 aromatic carbocycles. The molecule has 2 rings (SSSR count). The molecule has 0 aliphatic carbocycles. The molecule has 0 saturated heterocycles. The van der Waals surface area contributed by atoms with E-state index in [2.05, 4.69) is 4.98 Å². The van der Waals surface area contributed by atoms with E-state index in [1.807, 2.05) is 43.5 Å². The number of aromatic nitrogens is 1. The van der Waals surface area contributed by atoms with Crippen LogP contribution in [-0.4, -0.2) is 11.2 Å². The zero-order valence-corrected chi connectivity index (χ0v) is 10.6. The van der Waals surface area contributed by atoms with E-state index in [9.17, 15) is 0 Å². The number of anilines is 1. The first-order valence-electron chi connectivity index (χ1n) is 5.23. The average Bonchev–Trinajstić information content (AvgIpc) is 2.36. The molecule has 0 aliphatic rings. The van der Waals surface area contributed by atoms with Crippen molar-refractivity contribution in [3.05, 3.63) is 42.1 Å². The quantitative estimate of drug-likeness (QED) is 0.842. The lowest BCUT2D eigenvalue weighted by molar-refractivity contribution is 0.465. The van der Waals surface area contributed by atoms with Crippen LogP contribution in [0.2, 0.25) is 0 Å². The molecule has 1 aromatic heterocycles. The zero-order chi connectivity index (χ0) is 12.3. The van der Waals surface area contributed by atoms with Crippen molar-refractivity contribution in [3.8, 4) is 11.6 Å². The Kier molecular flexibility index (Phi) is 3.54. The number of rotatable bonds is 3. The second-order valence-corrected chi connectivity index (χ2v) is 4.50. The van der Waals surface area contributed by atoms with Crippen LogP contribution in [0.3, 0.4) is 0 Å². The summed E-state index contributed by atoms with van der Waals surface area (Å²) in [7, 11) is 0. The topological polar surface area (TPSA) is 48.1 Å². The van der Waals surface area contributed by atoms with Gasteiger partial charge in [-0.1, -0.05) is 0 Å². The largest absolute Gasteiger partial charge is 0.437 e. The molecule has 17 heavy (non-hydrogen) atoms. The van der Waals surface area contributed by atoms with Crippen LogP contribution in [0.5, 0.6) is 11.6 Å². The summed E-state index contributed by atoms with van der Waals surface area (Å²) in [5.41, 5.74) is 7.45.